The first-order valence-corrected chi connectivity index (χ1v) is 8.12. The smallest absolute Gasteiger partial charge is 0.0239 e. The minimum absolute atomic E-state index is 0.675. The van der Waals surface area contributed by atoms with Crippen LogP contribution >= 0.6 is 0 Å². The van der Waals surface area contributed by atoms with Crippen molar-refractivity contribution in [3.05, 3.63) is 34.4 Å². The third-order valence-electron chi connectivity index (χ3n) is 4.42. The van der Waals surface area contributed by atoms with Crippen LogP contribution in [0, 0.1) is 20.8 Å². The van der Waals surface area contributed by atoms with E-state index in [0.29, 0.717) is 6.04 Å². The first kappa shape index (κ1) is 15.5. The SMILES string of the molecule is CCCC1CN(Cc2c(C)cc(C)cc2C)CCCN1. The van der Waals surface area contributed by atoms with Gasteiger partial charge in [0.15, 0.2) is 0 Å². The molecule has 1 aromatic carbocycles. The van der Waals surface area contributed by atoms with Crippen molar-refractivity contribution >= 4 is 0 Å². The van der Waals surface area contributed by atoms with E-state index in [9.17, 15) is 0 Å². The number of hydrogen-bond acceptors (Lipinski definition) is 2. The second-order valence-electron chi connectivity index (χ2n) is 6.41. The van der Waals surface area contributed by atoms with Crippen LogP contribution in [0.4, 0.5) is 0 Å². The predicted octanol–water partition coefficient (Wildman–Crippen LogP) is 3.58. The van der Waals surface area contributed by atoms with Gasteiger partial charge in [0.1, 0.15) is 0 Å². The highest BCUT2D eigenvalue weighted by Gasteiger charge is 2.18. The summed E-state index contributed by atoms with van der Waals surface area (Å²) in [6.45, 7) is 13.7. The van der Waals surface area contributed by atoms with E-state index in [0.717, 1.165) is 6.54 Å². The molecule has 1 aliphatic heterocycles. The molecule has 1 fully saturated rings. The third-order valence-corrected chi connectivity index (χ3v) is 4.42. The fourth-order valence-corrected chi connectivity index (χ4v) is 3.44. The molecule has 1 unspecified atom stereocenters. The topological polar surface area (TPSA) is 15.3 Å². The standard InChI is InChI=1S/C18H30N2/c1-5-7-17-12-20(9-6-8-19-17)13-18-15(3)10-14(2)11-16(18)4/h10-11,17,19H,5-9,12-13H2,1-4H3. The molecule has 2 nitrogen and oxygen atoms in total. The average molecular weight is 274 g/mol. The Bertz CT molecular complexity index is 416. The van der Waals surface area contributed by atoms with Crippen LogP contribution in [0.2, 0.25) is 0 Å². The van der Waals surface area contributed by atoms with Crippen LogP contribution in [-0.4, -0.2) is 30.6 Å². The van der Waals surface area contributed by atoms with E-state index in [2.05, 4.69) is 50.0 Å². The van der Waals surface area contributed by atoms with E-state index in [1.54, 1.807) is 0 Å². The lowest BCUT2D eigenvalue weighted by Crippen LogP contribution is -2.37. The molecule has 0 amide bonds. The molecule has 1 aromatic rings. The second-order valence-corrected chi connectivity index (χ2v) is 6.41. The lowest BCUT2D eigenvalue weighted by molar-refractivity contribution is 0.254. The Morgan fingerprint density at radius 1 is 1.20 bits per heavy atom. The van der Waals surface area contributed by atoms with E-state index in [4.69, 9.17) is 0 Å². The van der Waals surface area contributed by atoms with Gasteiger partial charge in [-0.25, -0.2) is 0 Å². The molecule has 1 heterocycles. The van der Waals surface area contributed by atoms with Crippen LogP contribution in [0.1, 0.15) is 48.4 Å². The largest absolute Gasteiger partial charge is 0.313 e. The normalized spacial score (nSPS) is 20.9. The van der Waals surface area contributed by atoms with Crippen LogP contribution in [0.5, 0.6) is 0 Å². The molecule has 1 aliphatic rings. The van der Waals surface area contributed by atoms with Gasteiger partial charge in [0.25, 0.3) is 0 Å². The zero-order chi connectivity index (χ0) is 14.5. The fraction of sp³-hybridized carbons (Fsp3) is 0.667. The summed E-state index contributed by atoms with van der Waals surface area (Å²) in [6, 6.07) is 5.32. The molecule has 2 rings (SSSR count). The molecule has 1 N–H and O–H groups in total. The van der Waals surface area contributed by atoms with Crippen molar-refractivity contribution < 1.29 is 0 Å². The van der Waals surface area contributed by atoms with Crippen molar-refractivity contribution in [2.75, 3.05) is 19.6 Å². The molecule has 0 aromatic heterocycles. The summed E-state index contributed by atoms with van der Waals surface area (Å²) >= 11 is 0. The van der Waals surface area contributed by atoms with Gasteiger partial charge in [-0.1, -0.05) is 31.0 Å². The van der Waals surface area contributed by atoms with Crippen LogP contribution in [-0.2, 0) is 6.54 Å². The maximum absolute atomic E-state index is 3.69. The summed E-state index contributed by atoms with van der Waals surface area (Å²) in [5.74, 6) is 0. The number of nitrogens with zero attached hydrogens (tertiary/aromatic N) is 1. The zero-order valence-electron chi connectivity index (χ0n) is 13.6. The number of hydrogen-bond donors (Lipinski definition) is 1. The molecule has 0 aliphatic carbocycles. The van der Waals surface area contributed by atoms with Crippen molar-refractivity contribution in [3.63, 3.8) is 0 Å². The van der Waals surface area contributed by atoms with Crippen molar-refractivity contribution in [1.29, 1.82) is 0 Å². The number of rotatable bonds is 4. The van der Waals surface area contributed by atoms with Crippen molar-refractivity contribution in [3.8, 4) is 0 Å². The fourth-order valence-electron chi connectivity index (χ4n) is 3.44. The molecule has 0 radical (unpaired) electrons. The summed E-state index contributed by atoms with van der Waals surface area (Å²) in [5, 5.41) is 3.69. The Labute approximate surface area is 124 Å². The van der Waals surface area contributed by atoms with Crippen LogP contribution < -0.4 is 5.32 Å². The monoisotopic (exact) mass is 274 g/mol. The van der Waals surface area contributed by atoms with E-state index < -0.39 is 0 Å². The zero-order valence-corrected chi connectivity index (χ0v) is 13.6. The van der Waals surface area contributed by atoms with Crippen LogP contribution in [0.3, 0.4) is 0 Å². The molecular formula is C18H30N2. The van der Waals surface area contributed by atoms with Gasteiger partial charge in [-0.3, -0.25) is 4.90 Å². The predicted molar refractivity (Wildman–Crippen MR) is 87.2 cm³/mol. The Morgan fingerprint density at radius 3 is 2.55 bits per heavy atom. The van der Waals surface area contributed by atoms with E-state index in [1.807, 2.05) is 0 Å². The lowest BCUT2D eigenvalue weighted by Gasteiger charge is -2.26. The number of benzene rings is 1. The van der Waals surface area contributed by atoms with Gasteiger partial charge in [-0.05, 0) is 63.4 Å². The summed E-state index contributed by atoms with van der Waals surface area (Å²) < 4.78 is 0. The van der Waals surface area contributed by atoms with Crippen LogP contribution in [0.25, 0.3) is 0 Å². The highest BCUT2D eigenvalue weighted by Crippen LogP contribution is 2.19. The molecule has 2 heteroatoms. The Kier molecular flexibility index (Phi) is 5.62. The summed E-state index contributed by atoms with van der Waals surface area (Å²) in [5.41, 5.74) is 5.82. The average Bonchev–Trinajstić information content (AvgIpc) is 2.59. The highest BCUT2D eigenvalue weighted by molar-refractivity contribution is 5.37. The van der Waals surface area contributed by atoms with Gasteiger partial charge >= 0.3 is 0 Å². The van der Waals surface area contributed by atoms with Crippen molar-refractivity contribution in [1.82, 2.24) is 10.2 Å². The van der Waals surface area contributed by atoms with Crippen LogP contribution in [0.15, 0.2) is 12.1 Å². The molecule has 0 bridgehead atoms. The Hall–Kier alpha value is -0.860. The minimum atomic E-state index is 0.675. The van der Waals surface area contributed by atoms with E-state index in [1.165, 1.54) is 61.2 Å². The van der Waals surface area contributed by atoms with Gasteiger partial charge in [0, 0.05) is 19.1 Å². The summed E-state index contributed by atoms with van der Waals surface area (Å²) in [6.07, 6.45) is 3.83. The van der Waals surface area contributed by atoms with Gasteiger partial charge < -0.3 is 5.32 Å². The Balaban J connectivity index is 2.08. The first-order chi connectivity index (χ1) is 9.60. The molecular weight excluding hydrogens is 244 g/mol. The molecule has 0 saturated carbocycles. The van der Waals surface area contributed by atoms with Gasteiger partial charge in [0.05, 0.1) is 0 Å². The quantitative estimate of drug-likeness (QED) is 0.903. The van der Waals surface area contributed by atoms with Gasteiger partial charge in [-0.15, -0.1) is 0 Å². The third kappa shape index (κ3) is 4.07. The minimum Gasteiger partial charge on any atom is -0.313 e. The van der Waals surface area contributed by atoms with Gasteiger partial charge in [-0.2, -0.15) is 0 Å². The number of nitrogens with one attached hydrogen (secondary N) is 1. The highest BCUT2D eigenvalue weighted by atomic mass is 15.2. The maximum atomic E-state index is 3.69. The Morgan fingerprint density at radius 2 is 1.90 bits per heavy atom. The van der Waals surface area contributed by atoms with E-state index >= 15 is 0 Å². The maximum Gasteiger partial charge on any atom is 0.0239 e. The summed E-state index contributed by atoms with van der Waals surface area (Å²) in [7, 11) is 0. The molecule has 20 heavy (non-hydrogen) atoms. The first-order valence-electron chi connectivity index (χ1n) is 8.12. The molecule has 1 saturated heterocycles. The van der Waals surface area contributed by atoms with Gasteiger partial charge in [0.2, 0.25) is 0 Å². The molecule has 1 atom stereocenters. The van der Waals surface area contributed by atoms with Crippen molar-refractivity contribution in [2.24, 2.45) is 0 Å². The summed E-state index contributed by atoms with van der Waals surface area (Å²) in [4.78, 5) is 2.64. The molecule has 112 valence electrons. The lowest BCUT2D eigenvalue weighted by atomic mass is 9.99. The second kappa shape index (κ2) is 7.24. The van der Waals surface area contributed by atoms with Crippen molar-refractivity contribution in [2.45, 2.75) is 59.5 Å². The number of aryl methyl sites for hydroxylation is 3. The van der Waals surface area contributed by atoms with E-state index in [-0.39, 0.29) is 0 Å². The molecule has 0 spiro atoms.